The van der Waals surface area contributed by atoms with Crippen molar-refractivity contribution in [3.63, 3.8) is 0 Å². The Labute approximate surface area is 298 Å². The van der Waals surface area contributed by atoms with E-state index in [1.165, 1.54) is 23.9 Å². The van der Waals surface area contributed by atoms with Gasteiger partial charge in [0, 0.05) is 57.3 Å². The summed E-state index contributed by atoms with van der Waals surface area (Å²) in [5.74, 6) is -0.721. The van der Waals surface area contributed by atoms with Crippen molar-refractivity contribution in [1.29, 1.82) is 0 Å². The number of benzene rings is 3. The van der Waals surface area contributed by atoms with Crippen molar-refractivity contribution in [1.82, 2.24) is 19.4 Å². The van der Waals surface area contributed by atoms with E-state index in [9.17, 15) is 27.2 Å². The highest BCUT2D eigenvalue weighted by molar-refractivity contribution is 6.04. The van der Waals surface area contributed by atoms with Crippen LogP contribution in [0.4, 0.5) is 23.2 Å². The molecule has 1 saturated heterocycles. The van der Waals surface area contributed by atoms with Gasteiger partial charge in [-0.05, 0) is 66.6 Å². The van der Waals surface area contributed by atoms with Gasteiger partial charge < -0.3 is 24.3 Å². The van der Waals surface area contributed by atoms with E-state index in [1.807, 2.05) is 40.8 Å². The predicted octanol–water partition coefficient (Wildman–Crippen LogP) is 7.94. The zero-order valence-corrected chi connectivity index (χ0v) is 28.7. The molecule has 1 aliphatic heterocycles. The van der Waals surface area contributed by atoms with Gasteiger partial charge in [0.2, 0.25) is 5.88 Å². The Balaban J connectivity index is 0.00000504. The van der Waals surface area contributed by atoms with Gasteiger partial charge in [-0.2, -0.15) is 13.2 Å². The zero-order valence-electron chi connectivity index (χ0n) is 27.9. The van der Waals surface area contributed by atoms with Crippen LogP contribution in [-0.4, -0.2) is 64.0 Å². The van der Waals surface area contributed by atoms with Crippen LogP contribution in [0.3, 0.4) is 0 Å². The van der Waals surface area contributed by atoms with Crippen molar-refractivity contribution in [3.8, 4) is 17.4 Å². The number of anilines is 1. The van der Waals surface area contributed by atoms with E-state index in [2.05, 4.69) is 34.3 Å². The summed E-state index contributed by atoms with van der Waals surface area (Å²) in [5.41, 5.74) is 1.02. The second-order valence-electron chi connectivity index (χ2n) is 12.0. The van der Waals surface area contributed by atoms with Crippen molar-refractivity contribution in [2.45, 2.75) is 26.1 Å². The minimum atomic E-state index is -4.73. The van der Waals surface area contributed by atoms with Gasteiger partial charge in [0.15, 0.2) is 0 Å². The molecule has 14 heteroatoms. The Morgan fingerprint density at radius 2 is 1.63 bits per heavy atom. The number of pyridine rings is 1. The van der Waals surface area contributed by atoms with E-state index in [0.717, 1.165) is 48.8 Å². The summed E-state index contributed by atoms with van der Waals surface area (Å²) in [6, 6.07) is 20.1. The van der Waals surface area contributed by atoms with Gasteiger partial charge in [-0.3, -0.25) is 14.5 Å². The Bertz CT molecular complexity index is 1990. The molecule has 0 spiro atoms. The summed E-state index contributed by atoms with van der Waals surface area (Å²) >= 11 is 0. The van der Waals surface area contributed by atoms with E-state index < -0.39 is 29.0 Å². The molecule has 5 aromatic rings. The minimum Gasteiger partial charge on any atom is -0.494 e. The maximum atomic E-state index is 14.2. The molecular formula is C37H36ClF4N5O4. The number of fused-ring (bicyclic) bond motifs is 1. The number of carbonyl (C=O) groups excluding carboxylic acids is 2. The fraction of sp³-hybridized carbons (Fsp3) is 0.270. The molecule has 3 aromatic carbocycles. The third-order valence-electron chi connectivity index (χ3n) is 8.46. The van der Waals surface area contributed by atoms with Crippen molar-refractivity contribution in [3.05, 3.63) is 113 Å². The van der Waals surface area contributed by atoms with Crippen LogP contribution in [0.1, 0.15) is 45.3 Å². The van der Waals surface area contributed by atoms with Crippen molar-refractivity contribution in [2.75, 3.05) is 38.1 Å². The average molecular weight is 726 g/mol. The fourth-order valence-electron chi connectivity index (χ4n) is 5.73. The summed E-state index contributed by atoms with van der Waals surface area (Å²) in [4.78, 5) is 34.4. The molecule has 0 aliphatic carbocycles. The molecule has 9 nitrogen and oxygen atoms in total. The van der Waals surface area contributed by atoms with Gasteiger partial charge in [0.1, 0.15) is 23.0 Å². The lowest BCUT2D eigenvalue weighted by Crippen LogP contribution is -2.48. The predicted molar refractivity (Wildman–Crippen MR) is 187 cm³/mol. The van der Waals surface area contributed by atoms with Gasteiger partial charge in [-0.1, -0.05) is 19.1 Å². The molecule has 1 N–H and O–H groups in total. The van der Waals surface area contributed by atoms with E-state index in [-0.39, 0.29) is 35.9 Å². The number of aryl methyl sites for hydroxylation is 1. The lowest BCUT2D eigenvalue weighted by molar-refractivity contribution is -0.137. The van der Waals surface area contributed by atoms with E-state index in [0.29, 0.717) is 37.2 Å². The maximum Gasteiger partial charge on any atom is 0.416 e. The summed E-state index contributed by atoms with van der Waals surface area (Å²) in [6.45, 7) is 6.35. The summed E-state index contributed by atoms with van der Waals surface area (Å²) in [5, 5.41) is 3.29. The summed E-state index contributed by atoms with van der Waals surface area (Å²) in [7, 11) is 1.83. The van der Waals surface area contributed by atoms with Crippen LogP contribution in [0.2, 0.25) is 0 Å². The molecule has 2 amide bonds. The van der Waals surface area contributed by atoms with Crippen LogP contribution in [0, 0.1) is 5.82 Å². The largest absolute Gasteiger partial charge is 0.494 e. The number of halogens is 5. The van der Waals surface area contributed by atoms with Crippen LogP contribution in [0.15, 0.2) is 85.1 Å². The third kappa shape index (κ3) is 8.78. The monoisotopic (exact) mass is 725 g/mol. The first-order chi connectivity index (χ1) is 24.0. The number of nitrogens with one attached hydrogen (secondary N) is 1. The summed E-state index contributed by atoms with van der Waals surface area (Å²) < 4.78 is 66.1. The van der Waals surface area contributed by atoms with E-state index in [1.54, 1.807) is 12.1 Å². The number of rotatable bonds is 10. The van der Waals surface area contributed by atoms with Gasteiger partial charge in [-0.15, -0.1) is 12.4 Å². The third-order valence-corrected chi connectivity index (χ3v) is 8.46. The second kappa shape index (κ2) is 15.8. The first-order valence-electron chi connectivity index (χ1n) is 16.1. The van der Waals surface area contributed by atoms with E-state index in [4.69, 9.17) is 9.47 Å². The second-order valence-corrected chi connectivity index (χ2v) is 12.0. The van der Waals surface area contributed by atoms with Crippen LogP contribution >= 0.6 is 12.4 Å². The smallest absolute Gasteiger partial charge is 0.416 e. The number of piperazine rings is 1. The fourth-order valence-corrected chi connectivity index (χ4v) is 5.73. The molecule has 2 aromatic heterocycles. The minimum absolute atomic E-state index is 0. The zero-order chi connectivity index (χ0) is 35.4. The highest BCUT2D eigenvalue weighted by atomic mass is 35.5. The van der Waals surface area contributed by atoms with Gasteiger partial charge in [0.05, 0.1) is 35.1 Å². The molecule has 1 fully saturated rings. The topological polar surface area (TPSA) is 88.9 Å². The van der Waals surface area contributed by atoms with Gasteiger partial charge >= 0.3 is 6.18 Å². The first kappa shape index (κ1) is 37.1. The van der Waals surface area contributed by atoms with E-state index >= 15 is 0 Å². The van der Waals surface area contributed by atoms with Crippen molar-refractivity contribution in [2.24, 2.45) is 7.05 Å². The Kier molecular flexibility index (Phi) is 11.5. The number of aromatic nitrogens is 2. The maximum absolute atomic E-state index is 14.2. The van der Waals surface area contributed by atoms with Crippen LogP contribution in [0.25, 0.3) is 10.9 Å². The molecule has 6 rings (SSSR count). The molecule has 0 unspecified atom stereocenters. The highest BCUT2D eigenvalue weighted by Gasteiger charge is 2.32. The Morgan fingerprint density at radius 3 is 2.27 bits per heavy atom. The molecular weight excluding hydrogens is 690 g/mol. The average Bonchev–Trinajstić information content (AvgIpc) is 3.43. The standard InChI is InChI=1S/C37H35F4N5O4.ClH/c1-3-18-49-28-9-4-24(5-10-28)23-45-14-16-46(17-15-45)36(48)33-19-25-6-11-29(21-32(25)44(33)2)50-34-13-8-27(22-42-34)43-35(47)30-12-7-26(20-31(30)38)37(39,40)41;/h4-13,19-22H,3,14-18,23H2,1-2H3,(H,43,47);1H. The quantitative estimate of drug-likeness (QED) is 0.147. The SMILES string of the molecule is CCCOc1ccc(CN2CCN(C(=O)c3cc4ccc(Oc5ccc(NC(=O)c6ccc(C(F)(F)F)cc6F)cn5)cc4n3C)CC2)cc1.Cl. The van der Waals surface area contributed by atoms with Crippen molar-refractivity contribution >= 4 is 40.8 Å². The van der Waals surface area contributed by atoms with Gasteiger partial charge in [0.25, 0.3) is 11.8 Å². The number of nitrogens with zero attached hydrogens (tertiary/aromatic N) is 4. The number of hydrogen-bond acceptors (Lipinski definition) is 6. The molecule has 0 saturated carbocycles. The highest BCUT2D eigenvalue weighted by Crippen LogP contribution is 2.31. The number of ether oxygens (including phenoxy) is 2. The molecule has 3 heterocycles. The summed E-state index contributed by atoms with van der Waals surface area (Å²) in [6.07, 6.45) is -2.48. The lowest BCUT2D eigenvalue weighted by atomic mass is 10.1. The van der Waals surface area contributed by atoms with Crippen molar-refractivity contribution < 1.29 is 36.6 Å². The normalized spacial score (nSPS) is 13.5. The molecule has 0 atom stereocenters. The Morgan fingerprint density at radius 1 is 0.902 bits per heavy atom. The molecule has 1 aliphatic rings. The van der Waals surface area contributed by atoms with Crippen LogP contribution < -0.4 is 14.8 Å². The molecule has 0 radical (unpaired) electrons. The first-order valence-corrected chi connectivity index (χ1v) is 16.1. The molecule has 268 valence electrons. The Hall–Kier alpha value is -5.14. The number of amides is 2. The number of alkyl halides is 3. The van der Waals surface area contributed by atoms with Gasteiger partial charge in [-0.25, -0.2) is 9.37 Å². The molecule has 51 heavy (non-hydrogen) atoms. The number of hydrogen-bond donors (Lipinski definition) is 1. The van der Waals surface area contributed by atoms with Crippen LogP contribution in [-0.2, 0) is 19.8 Å². The van der Waals surface area contributed by atoms with Crippen LogP contribution in [0.5, 0.6) is 17.4 Å². The molecule has 0 bridgehead atoms. The number of carbonyl (C=O) groups is 2. The lowest BCUT2D eigenvalue weighted by Gasteiger charge is -2.34.